The van der Waals surface area contributed by atoms with Gasteiger partial charge in [-0.3, -0.25) is 4.99 Å². The lowest BCUT2D eigenvalue weighted by atomic mass is 10.1. The summed E-state index contributed by atoms with van der Waals surface area (Å²) in [6, 6.07) is 5.06. The van der Waals surface area contributed by atoms with E-state index in [-0.39, 0.29) is 17.8 Å². The van der Waals surface area contributed by atoms with Crippen LogP contribution < -0.4 is 25.4 Å². The Morgan fingerprint density at radius 3 is 2.50 bits per heavy atom. The highest BCUT2D eigenvalue weighted by Crippen LogP contribution is 2.32. The van der Waals surface area contributed by atoms with Crippen LogP contribution in [0.1, 0.15) is 33.3 Å². The van der Waals surface area contributed by atoms with Crippen LogP contribution in [0.3, 0.4) is 0 Å². The lowest BCUT2D eigenvalue weighted by molar-refractivity contribution is -0.0520. The van der Waals surface area contributed by atoms with Crippen molar-refractivity contribution >= 4 is 5.96 Å². The number of para-hydroxylation sites is 1. The Bertz CT molecular complexity index is 575. The number of hydrogen-bond acceptors (Lipinski definition) is 4. The SMILES string of the molecule is CCOc1cccc(CNC(=NC)NCCNC(C)(C)C)c1OC(F)F. The summed E-state index contributed by atoms with van der Waals surface area (Å²) in [4.78, 5) is 4.13. The topological polar surface area (TPSA) is 66.9 Å². The van der Waals surface area contributed by atoms with Gasteiger partial charge >= 0.3 is 6.61 Å². The van der Waals surface area contributed by atoms with Crippen molar-refractivity contribution in [3.05, 3.63) is 23.8 Å². The second-order valence-electron chi connectivity index (χ2n) is 6.59. The zero-order valence-corrected chi connectivity index (χ0v) is 16.2. The highest BCUT2D eigenvalue weighted by molar-refractivity contribution is 5.79. The van der Waals surface area contributed by atoms with Gasteiger partial charge < -0.3 is 25.4 Å². The molecule has 1 rings (SSSR count). The van der Waals surface area contributed by atoms with E-state index in [9.17, 15) is 8.78 Å². The predicted octanol–water partition coefficient (Wildman–Crippen LogP) is 2.74. The summed E-state index contributed by atoms with van der Waals surface area (Å²) in [5.41, 5.74) is 0.604. The molecule has 0 saturated carbocycles. The third-order valence-electron chi connectivity index (χ3n) is 3.31. The normalized spacial score (nSPS) is 12.2. The maximum Gasteiger partial charge on any atom is 0.387 e. The molecule has 0 saturated heterocycles. The second-order valence-corrected chi connectivity index (χ2v) is 6.59. The molecule has 1 aromatic rings. The first-order valence-corrected chi connectivity index (χ1v) is 8.66. The van der Waals surface area contributed by atoms with Gasteiger partial charge in [-0.25, -0.2) is 0 Å². The van der Waals surface area contributed by atoms with E-state index < -0.39 is 6.61 Å². The number of alkyl halides is 2. The molecular weight excluding hydrogens is 342 g/mol. The van der Waals surface area contributed by atoms with Crippen molar-refractivity contribution in [3.8, 4) is 11.5 Å². The van der Waals surface area contributed by atoms with Crippen molar-refractivity contribution in [2.24, 2.45) is 4.99 Å². The van der Waals surface area contributed by atoms with Gasteiger partial charge in [0, 0.05) is 37.8 Å². The van der Waals surface area contributed by atoms with Gasteiger partial charge in [-0.1, -0.05) is 12.1 Å². The molecule has 0 aromatic heterocycles. The molecular formula is C18H30F2N4O2. The largest absolute Gasteiger partial charge is 0.490 e. The lowest BCUT2D eigenvalue weighted by Gasteiger charge is -2.21. The number of halogens is 2. The van der Waals surface area contributed by atoms with Crippen LogP contribution in [-0.2, 0) is 6.54 Å². The maximum atomic E-state index is 12.7. The molecule has 0 bridgehead atoms. The molecule has 0 aliphatic carbocycles. The Morgan fingerprint density at radius 2 is 1.92 bits per heavy atom. The zero-order chi connectivity index (χ0) is 19.6. The Kier molecular flexibility index (Phi) is 9.12. The van der Waals surface area contributed by atoms with Gasteiger partial charge in [0.2, 0.25) is 0 Å². The molecule has 0 heterocycles. The second kappa shape index (κ2) is 10.8. The number of nitrogens with zero attached hydrogens (tertiary/aromatic N) is 1. The van der Waals surface area contributed by atoms with Crippen molar-refractivity contribution in [1.82, 2.24) is 16.0 Å². The number of benzene rings is 1. The van der Waals surface area contributed by atoms with E-state index in [1.165, 1.54) is 0 Å². The average Bonchev–Trinajstić information content (AvgIpc) is 2.55. The smallest absolute Gasteiger partial charge is 0.387 e. The molecule has 0 radical (unpaired) electrons. The molecule has 0 unspecified atom stereocenters. The fourth-order valence-corrected chi connectivity index (χ4v) is 2.21. The van der Waals surface area contributed by atoms with Crippen LogP contribution in [0.15, 0.2) is 23.2 Å². The Labute approximate surface area is 154 Å². The highest BCUT2D eigenvalue weighted by atomic mass is 19.3. The van der Waals surface area contributed by atoms with Crippen LogP contribution in [0.5, 0.6) is 11.5 Å². The average molecular weight is 372 g/mol. The van der Waals surface area contributed by atoms with Crippen LogP contribution in [0, 0.1) is 0 Å². The van der Waals surface area contributed by atoms with Gasteiger partial charge in [0.1, 0.15) is 0 Å². The van der Waals surface area contributed by atoms with Crippen molar-refractivity contribution in [3.63, 3.8) is 0 Å². The standard InChI is InChI=1S/C18H30F2N4O2/c1-6-25-14-9-7-8-13(15(14)26-16(19)20)12-23-17(21-5)22-10-11-24-18(2,3)4/h7-9,16,24H,6,10-12H2,1-5H3,(H2,21,22,23). The quantitative estimate of drug-likeness (QED) is 0.353. The minimum absolute atomic E-state index is 0.0415. The summed E-state index contributed by atoms with van der Waals surface area (Å²) < 4.78 is 35.5. The van der Waals surface area contributed by atoms with E-state index in [1.807, 2.05) is 0 Å². The molecule has 8 heteroatoms. The fourth-order valence-electron chi connectivity index (χ4n) is 2.21. The Hall–Kier alpha value is -2.09. The molecule has 0 atom stereocenters. The van der Waals surface area contributed by atoms with Crippen LogP contribution in [0.2, 0.25) is 0 Å². The van der Waals surface area contributed by atoms with Crippen LogP contribution in [-0.4, -0.2) is 44.9 Å². The molecule has 1 aromatic carbocycles. The van der Waals surface area contributed by atoms with Gasteiger partial charge in [0.25, 0.3) is 0 Å². The van der Waals surface area contributed by atoms with Gasteiger partial charge in [-0.15, -0.1) is 0 Å². The monoisotopic (exact) mass is 372 g/mol. The van der Waals surface area contributed by atoms with Crippen molar-refractivity contribution in [2.75, 3.05) is 26.7 Å². The van der Waals surface area contributed by atoms with E-state index in [2.05, 4.69) is 46.5 Å². The lowest BCUT2D eigenvalue weighted by Crippen LogP contribution is -2.44. The molecule has 6 nitrogen and oxygen atoms in total. The third-order valence-corrected chi connectivity index (χ3v) is 3.31. The van der Waals surface area contributed by atoms with E-state index in [0.717, 1.165) is 6.54 Å². The van der Waals surface area contributed by atoms with E-state index in [4.69, 9.17) is 4.74 Å². The molecule has 148 valence electrons. The van der Waals surface area contributed by atoms with E-state index in [1.54, 1.807) is 32.2 Å². The first-order chi connectivity index (χ1) is 12.3. The maximum absolute atomic E-state index is 12.7. The summed E-state index contributed by atoms with van der Waals surface area (Å²) in [5.74, 6) is 0.914. The Morgan fingerprint density at radius 1 is 1.19 bits per heavy atom. The number of aliphatic imine (C=N–C) groups is 1. The summed E-state index contributed by atoms with van der Waals surface area (Å²) in [7, 11) is 1.65. The number of ether oxygens (including phenoxy) is 2. The molecule has 0 amide bonds. The predicted molar refractivity (Wildman–Crippen MR) is 100 cm³/mol. The number of nitrogens with one attached hydrogen (secondary N) is 3. The molecule has 26 heavy (non-hydrogen) atoms. The fraction of sp³-hybridized carbons (Fsp3) is 0.611. The minimum Gasteiger partial charge on any atom is -0.490 e. The van der Waals surface area contributed by atoms with Crippen LogP contribution in [0.25, 0.3) is 0 Å². The first kappa shape index (κ1) is 22.0. The first-order valence-electron chi connectivity index (χ1n) is 8.66. The van der Waals surface area contributed by atoms with Gasteiger partial charge in [0.05, 0.1) is 6.61 Å². The summed E-state index contributed by atoms with van der Waals surface area (Å²) in [6.45, 7) is 7.23. The molecule has 3 N–H and O–H groups in total. The van der Waals surface area contributed by atoms with Crippen molar-refractivity contribution < 1.29 is 18.3 Å². The molecule has 0 aliphatic heterocycles. The molecule has 0 aliphatic rings. The van der Waals surface area contributed by atoms with Crippen LogP contribution >= 0.6 is 0 Å². The van der Waals surface area contributed by atoms with Gasteiger partial charge in [0.15, 0.2) is 17.5 Å². The summed E-state index contributed by atoms with van der Waals surface area (Å²) in [6.07, 6.45) is 0. The molecule has 0 spiro atoms. The van der Waals surface area contributed by atoms with Gasteiger partial charge in [-0.2, -0.15) is 8.78 Å². The number of rotatable bonds is 9. The van der Waals surface area contributed by atoms with Crippen molar-refractivity contribution in [1.29, 1.82) is 0 Å². The van der Waals surface area contributed by atoms with E-state index in [0.29, 0.717) is 30.4 Å². The van der Waals surface area contributed by atoms with Gasteiger partial charge in [-0.05, 0) is 33.8 Å². The number of hydrogen-bond donors (Lipinski definition) is 3. The van der Waals surface area contributed by atoms with Crippen molar-refractivity contribution in [2.45, 2.75) is 46.4 Å². The van der Waals surface area contributed by atoms with E-state index >= 15 is 0 Å². The summed E-state index contributed by atoms with van der Waals surface area (Å²) >= 11 is 0. The zero-order valence-electron chi connectivity index (χ0n) is 16.2. The minimum atomic E-state index is -2.92. The highest BCUT2D eigenvalue weighted by Gasteiger charge is 2.16. The summed E-state index contributed by atoms with van der Waals surface area (Å²) in [5, 5.41) is 9.63. The van der Waals surface area contributed by atoms with Crippen LogP contribution in [0.4, 0.5) is 8.78 Å². The Balaban J connectivity index is 2.67. The number of guanidine groups is 1. The third kappa shape index (κ3) is 8.33. The molecule has 0 fully saturated rings.